The number of hydrogen-bond acceptors (Lipinski definition) is 2. The van der Waals surface area contributed by atoms with Gasteiger partial charge in [0.25, 0.3) is 14.2 Å². The van der Waals surface area contributed by atoms with Gasteiger partial charge in [0, 0.05) is 23.3 Å². The average molecular weight is 392 g/mol. The van der Waals surface area contributed by atoms with Gasteiger partial charge in [0.1, 0.15) is 0 Å². The molecule has 0 aliphatic heterocycles. The minimum Gasteiger partial charge on any atom is -0.215 e. The van der Waals surface area contributed by atoms with Gasteiger partial charge in [-0.2, -0.15) is 5.11 Å². The molecule has 0 aliphatic rings. The van der Waals surface area contributed by atoms with E-state index in [1.807, 2.05) is 0 Å². The molecule has 0 bridgehead atoms. The topological polar surface area (TPSA) is 37.1 Å². The first-order valence-electron chi connectivity index (χ1n) is 6.94. The average Bonchev–Trinajstić information content (AvgIpc) is 2.53. The van der Waals surface area contributed by atoms with Crippen molar-refractivity contribution in [2.75, 3.05) is 7.05 Å². The molecule has 0 spiro atoms. The number of rotatable bonds is 3. The molecule has 0 fully saturated rings. The second kappa shape index (κ2) is 6.27. The number of nitrogens with zero attached hydrogens (tertiary/aromatic N) is 3. The molecule has 2 aromatic rings. The fraction of sp³-hybridized carbons (Fsp3) is 0.0625. The number of halogens is 5. The standard InChI is InChI=1S/C16H14ClF4N3S/c1-22-24-16(25(17,18,19,20)21)23-15(14-10-6-3-7-11-14)12-13-8-4-2-5-9-13/h2-12H,1H3/b15-12+,23-16+,24-22-. The molecule has 0 aliphatic carbocycles. The molecule has 3 nitrogen and oxygen atoms in total. The zero-order chi connectivity index (χ0) is 18.6. The van der Waals surface area contributed by atoms with Gasteiger partial charge in [0.2, 0.25) is 0 Å². The van der Waals surface area contributed by atoms with E-state index in [-0.39, 0.29) is 5.70 Å². The molecular formula is C16H14ClF4N3S. The van der Waals surface area contributed by atoms with E-state index < -0.39 is 14.2 Å². The van der Waals surface area contributed by atoms with Gasteiger partial charge >= 0.3 is 0 Å². The van der Waals surface area contributed by atoms with E-state index in [9.17, 15) is 15.5 Å². The highest BCUT2D eigenvalue weighted by molar-refractivity contribution is 8.75. The van der Waals surface area contributed by atoms with E-state index in [4.69, 9.17) is 0 Å². The summed E-state index contributed by atoms with van der Waals surface area (Å²) in [6, 6.07) is 16.5. The molecule has 0 saturated carbocycles. The maximum atomic E-state index is 13.6. The number of azo groups is 1. The molecule has 0 N–H and O–H groups in total. The van der Waals surface area contributed by atoms with Gasteiger partial charge < -0.3 is 0 Å². The maximum Gasteiger partial charge on any atom is 0.291 e. The Kier molecular flexibility index (Phi) is 4.80. The highest BCUT2D eigenvalue weighted by atomic mass is 35.7. The van der Waals surface area contributed by atoms with Crippen molar-refractivity contribution in [1.82, 2.24) is 0 Å². The summed E-state index contributed by atoms with van der Waals surface area (Å²) < 4.78 is 54.4. The maximum absolute atomic E-state index is 13.6. The molecule has 2 rings (SSSR count). The van der Waals surface area contributed by atoms with Crippen molar-refractivity contribution in [2.24, 2.45) is 15.2 Å². The van der Waals surface area contributed by atoms with Crippen LogP contribution in [0.3, 0.4) is 0 Å². The summed E-state index contributed by atoms with van der Waals surface area (Å²) in [7, 11) is -3.78. The molecule has 134 valence electrons. The van der Waals surface area contributed by atoms with Crippen LogP contribution in [-0.2, 0) is 0 Å². The van der Waals surface area contributed by atoms with Crippen LogP contribution in [0.1, 0.15) is 11.1 Å². The molecule has 0 unspecified atom stereocenters. The van der Waals surface area contributed by atoms with E-state index >= 15 is 0 Å². The lowest BCUT2D eigenvalue weighted by molar-refractivity contribution is 0.507. The minimum atomic E-state index is -9.12. The summed E-state index contributed by atoms with van der Waals surface area (Å²) in [5.41, 5.74) is 0.773. The predicted molar refractivity (Wildman–Crippen MR) is 96.8 cm³/mol. The number of amidine groups is 1. The Balaban J connectivity index is 2.70. The monoisotopic (exact) mass is 391 g/mol. The van der Waals surface area contributed by atoms with Crippen LogP contribution in [0.2, 0.25) is 0 Å². The van der Waals surface area contributed by atoms with Crippen molar-refractivity contribution < 1.29 is 15.5 Å². The lowest BCUT2D eigenvalue weighted by Crippen LogP contribution is -2.16. The summed E-state index contributed by atoms with van der Waals surface area (Å²) in [5.74, 6) is 0. The van der Waals surface area contributed by atoms with Crippen molar-refractivity contribution in [3.05, 3.63) is 71.8 Å². The van der Waals surface area contributed by atoms with Gasteiger partial charge in [-0.25, -0.2) is 4.99 Å². The third kappa shape index (κ3) is 5.68. The van der Waals surface area contributed by atoms with E-state index in [1.165, 1.54) is 6.08 Å². The fourth-order valence-electron chi connectivity index (χ4n) is 1.87. The fourth-order valence-corrected chi connectivity index (χ4v) is 2.57. The number of benzene rings is 2. The van der Waals surface area contributed by atoms with Gasteiger partial charge in [-0.05, 0) is 11.6 Å². The smallest absolute Gasteiger partial charge is 0.215 e. The first-order chi connectivity index (χ1) is 11.5. The summed E-state index contributed by atoms with van der Waals surface area (Å²) >= 11 is 0. The van der Waals surface area contributed by atoms with Crippen molar-refractivity contribution >= 4 is 36.7 Å². The molecule has 0 saturated heterocycles. The molecule has 2 aromatic carbocycles. The van der Waals surface area contributed by atoms with E-state index in [2.05, 4.69) is 25.9 Å². The second-order valence-electron chi connectivity index (χ2n) is 4.97. The molecule has 0 atom stereocenters. The summed E-state index contributed by atoms with van der Waals surface area (Å²) in [6.45, 7) is 0. The summed E-state index contributed by atoms with van der Waals surface area (Å²) in [6.07, 6.45) is 1.38. The predicted octanol–water partition coefficient (Wildman–Crippen LogP) is 7.19. The lowest BCUT2D eigenvalue weighted by atomic mass is 10.1. The summed E-state index contributed by atoms with van der Waals surface area (Å²) in [4.78, 5) is 3.38. The normalized spacial score (nSPS) is 16.6. The molecule has 0 radical (unpaired) electrons. The SMILES string of the molecule is C\N=N/C(=N\C(=C\c1ccccc1)c1ccccc1)S(F)(F)(F)(F)Cl. The van der Waals surface area contributed by atoms with Crippen LogP contribution in [-0.4, -0.2) is 12.2 Å². The third-order valence-corrected chi connectivity index (χ3v) is 4.20. The first-order valence-corrected chi connectivity index (χ1v) is 9.82. The molecule has 0 heterocycles. The molecule has 9 heteroatoms. The molecule has 0 aromatic heterocycles. The Morgan fingerprint density at radius 2 is 1.44 bits per heavy atom. The number of aliphatic imine (C=N–C) groups is 1. The Morgan fingerprint density at radius 3 is 1.92 bits per heavy atom. The Bertz CT molecular complexity index is 833. The third-order valence-electron chi connectivity index (χ3n) is 2.92. The Hall–Kier alpha value is -2.19. The van der Waals surface area contributed by atoms with Crippen molar-refractivity contribution in [3.63, 3.8) is 0 Å². The highest BCUT2D eigenvalue weighted by Crippen LogP contribution is 3.01. The van der Waals surface area contributed by atoms with Gasteiger partial charge in [0.15, 0.2) is 0 Å². The van der Waals surface area contributed by atoms with Crippen LogP contribution >= 0.6 is 19.7 Å². The van der Waals surface area contributed by atoms with Crippen LogP contribution < -0.4 is 0 Å². The van der Waals surface area contributed by atoms with Gasteiger partial charge in [-0.15, -0.1) is 20.7 Å². The zero-order valence-electron chi connectivity index (χ0n) is 13.0. The quantitative estimate of drug-likeness (QED) is 0.174. The van der Waals surface area contributed by atoms with Gasteiger partial charge in [0.05, 0.1) is 5.70 Å². The summed E-state index contributed by atoms with van der Waals surface area (Å²) in [5, 5.41) is 3.70. The van der Waals surface area contributed by atoms with Crippen LogP contribution in [0, 0.1) is 0 Å². The van der Waals surface area contributed by atoms with Crippen molar-refractivity contribution in [3.8, 4) is 0 Å². The Morgan fingerprint density at radius 1 is 0.920 bits per heavy atom. The van der Waals surface area contributed by atoms with E-state index in [1.54, 1.807) is 60.7 Å². The minimum absolute atomic E-state index is 0.148. The molecular weight excluding hydrogens is 378 g/mol. The van der Waals surface area contributed by atoms with E-state index in [0.29, 0.717) is 11.1 Å². The van der Waals surface area contributed by atoms with Gasteiger partial charge in [-0.3, -0.25) is 0 Å². The molecule has 25 heavy (non-hydrogen) atoms. The second-order valence-corrected chi connectivity index (χ2v) is 9.14. The largest absolute Gasteiger partial charge is 0.291 e. The van der Waals surface area contributed by atoms with E-state index in [0.717, 1.165) is 7.05 Å². The highest BCUT2D eigenvalue weighted by Gasteiger charge is 2.67. The van der Waals surface area contributed by atoms with Crippen molar-refractivity contribution in [1.29, 1.82) is 0 Å². The first kappa shape index (κ1) is 19.1. The van der Waals surface area contributed by atoms with Crippen LogP contribution in [0.4, 0.5) is 15.5 Å². The lowest BCUT2D eigenvalue weighted by Gasteiger charge is -2.40. The van der Waals surface area contributed by atoms with Crippen LogP contribution in [0.5, 0.6) is 0 Å². The number of hydrogen-bond donors (Lipinski definition) is 0. The van der Waals surface area contributed by atoms with Crippen LogP contribution in [0.15, 0.2) is 75.9 Å². The zero-order valence-corrected chi connectivity index (χ0v) is 14.6. The van der Waals surface area contributed by atoms with Crippen LogP contribution in [0.25, 0.3) is 11.8 Å². The Labute approximate surface area is 146 Å². The van der Waals surface area contributed by atoms with Crippen molar-refractivity contribution in [2.45, 2.75) is 0 Å². The van der Waals surface area contributed by atoms with Gasteiger partial charge in [-0.1, -0.05) is 60.7 Å². The molecule has 0 amide bonds.